The number of hydrogen-bond donors (Lipinski definition) is 1. The maximum absolute atomic E-state index is 13.6. The highest BCUT2D eigenvalue weighted by molar-refractivity contribution is 7.91. The molecule has 2 aromatic rings. The molecule has 0 aliphatic carbocycles. The fourth-order valence-corrected chi connectivity index (χ4v) is 4.96. The molecule has 1 aromatic carbocycles. The molecule has 0 bridgehead atoms. The van der Waals surface area contributed by atoms with Crippen LogP contribution in [0.5, 0.6) is 5.75 Å². The number of pyridine rings is 1. The number of sulfone groups is 1. The first-order chi connectivity index (χ1) is 15.2. The number of fused-ring (bicyclic) bond motifs is 1. The fourth-order valence-electron chi connectivity index (χ4n) is 4.13. The minimum Gasteiger partial charge on any atom is -0.493 e. The van der Waals surface area contributed by atoms with Gasteiger partial charge in [0.05, 0.1) is 17.0 Å². The number of amides is 1. The Bertz CT molecular complexity index is 1060. The molecular formula is C23H35Cl2N3O5S. The number of benzene rings is 1. The van der Waals surface area contributed by atoms with E-state index in [9.17, 15) is 13.2 Å². The zero-order chi connectivity index (χ0) is 23.3. The molecular weight excluding hydrogens is 501 g/mol. The second kappa shape index (κ2) is 13.4. The minimum atomic E-state index is -3.55. The van der Waals surface area contributed by atoms with Crippen molar-refractivity contribution in [2.24, 2.45) is 0 Å². The molecule has 3 rings (SSSR count). The molecule has 0 unspecified atom stereocenters. The van der Waals surface area contributed by atoms with Crippen LogP contribution < -0.4 is 10.1 Å². The van der Waals surface area contributed by atoms with E-state index in [2.05, 4.69) is 10.3 Å². The molecule has 1 aliphatic rings. The summed E-state index contributed by atoms with van der Waals surface area (Å²) in [5.74, 6) is 0.228. The summed E-state index contributed by atoms with van der Waals surface area (Å²) in [4.78, 5) is 20.1. The van der Waals surface area contributed by atoms with Crippen LogP contribution in [0.3, 0.4) is 0 Å². The lowest BCUT2D eigenvalue weighted by atomic mass is 10.0. The molecule has 0 spiro atoms. The van der Waals surface area contributed by atoms with Gasteiger partial charge in [-0.3, -0.25) is 4.79 Å². The average Bonchev–Trinajstić information content (AvgIpc) is 2.76. The van der Waals surface area contributed by atoms with Crippen LogP contribution in [0.2, 0.25) is 0 Å². The number of hydrogen-bond acceptors (Lipinski definition) is 7. The van der Waals surface area contributed by atoms with E-state index in [4.69, 9.17) is 9.47 Å². The molecule has 11 heteroatoms. The van der Waals surface area contributed by atoms with Gasteiger partial charge >= 0.3 is 0 Å². The number of carbonyl (C=O) groups is 1. The Balaban J connectivity index is 0.00000289. The second-order valence-corrected chi connectivity index (χ2v) is 10.4. The molecule has 34 heavy (non-hydrogen) atoms. The smallest absolute Gasteiger partial charge is 0.273 e. The third-order valence-electron chi connectivity index (χ3n) is 5.59. The number of carbonyl (C=O) groups excluding carboxylic acids is 1. The van der Waals surface area contributed by atoms with Crippen molar-refractivity contribution in [1.82, 2.24) is 15.2 Å². The highest BCUT2D eigenvalue weighted by atomic mass is 35.5. The first-order valence-corrected chi connectivity index (χ1v) is 12.9. The molecule has 1 amide bonds. The van der Waals surface area contributed by atoms with Crippen LogP contribution in [0.1, 0.15) is 43.6 Å². The minimum absolute atomic E-state index is 0. The number of ether oxygens (including phenoxy) is 2. The maximum Gasteiger partial charge on any atom is 0.273 e. The second-order valence-electron chi connectivity index (χ2n) is 8.43. The van der Waals surface area contributed by atoms with Crippen LogP contribution >= 0.6 is 24.8 Å². The van der Waals surface area contributed by atoms with E-state index >= 15 is 0 Å². The van der Waals surface area contributed by atoms with Crippen molar-refractivity contribution < 1.29 is 22.7 Å². The molecule has 1 fully saturated rings. The lowest BCUT2D eigenvalue weighted by molar-refractivity contribution is 0.0567. The Hall–Kier alpha value is -1.65. The monoisotopic (exact) mass is 535 g/mol. The zero-order valence-electron chi connectivity index (χ0n) is 20.1. The Morgan fingerprint density at radius 2 is 2.00 bits per heavy atom. The zero-order valence-corrected chi connectivity index (χ0v) is 22.5. The lowest BCUT2D eigenvalue weighted by Gasteiger charge is -2.37. The van der Waals surface area contributed by atoms with Gasteiger partial charge in [0.2, 0.25) is 0 Å². The van der Waals surface area contributed by atoms with Gasteiger partial charge in [0, 0.05) is 56.5 Å². The number of halogens is 2. The van der Waals surface area contributed by atoms with Gasteiger partial charge in [-0.15, -0.1) is 24.8 Å². The standard InChI is InChI=1S/C23H33N3O5S.2ClH/c1-16(2)26(17-8-6-11-24-15-17)23(27)19-14-20(31-13-7-12-30-3)18-9-5-10-21(22(18)25-19)32(4,28)29;;/h5,9-10,14,16-17,24H,6-8,11-13,15H2,1-4H3;2*1H/t17-;;/m1../s1. The Morgan fingerprint density at radius 3 is 2.59 bits per heavy atom. The topological polar surface area (TPSA) is 97.8 Å². The molecule has 192 valence electrons. The Kier molecular flexibility index (Phi) is 12.0. The summed E-state index contributed by atoms with van der Waals surface area (Å²) in [6.45, 7) is 6.56. The van der Waals surface area contributed by atoms with Gasteiger partial charge in [-0.05, 0) is 45.4 Å². The number of methoxy groups -OCH3 is 1. The van der Waals surface area contributed by atoms with Gasteiger partial charge in [0.1, 0.15) is 11.4 Å². The van der Waals surface area contributed by atoms with Crippen molar-refractivity contribution >= 4 is 51.5 Å². The summed E-state index contributed by atoms with van der Waals surface area (Å²) in [6.07, 6.45) is 3.73. The average molecular weight is 537 g/mol. The molecule has 0 saturated carbocycles. The van der Waals surface area contributed by atoms with E-state index in [1.807, 2.05) is 18.7 Å². The van der Waals surface area contributed by atoms with Crippen LogP contribution in [0.4, 0.5) is 0 Å². The third-order valence-corrected chi connectivity index (χ3v) is 6.72. The molecule has 8 nitrogen and oxygen atoms in total. The third kappa shape index (κ3) is 7.18. The number of rotatable bonds is 9. The molecule has 1 aliphatic heterocycles. The summed E-state index contributed by atoms with van der Waals surface area (Å²) in [5.41, 5.74) is 0.447. The number of aromatic nitrogens is 1. The number of piperidine rings is 1. The van der Waals surface area contributed by atoms with Crippen molar-refractivity contribution in [2.45, 2.75) is 50.1 Å². The molecule has 0 radical (unpaired) electrons. The molecule has 1 N–H and O–H groups in total. The first kappa shape index (κ1) is 30.4. The van der Waals surface area contributed by atoms with E-state index in [0.717, 1.165) is 32.2 Å². The normalized spacial score (nSPS) is 16.0. The van der Waals surface area contributed by atoms with Crippen molar-refractivity contribution in [1.29, 1.82) is 0 Å². The van der Waals surface area contributed by atoms with Gasteiger partial charge in [0.25, 0.3) is 5.91 Å². The SMILES string of the molecule is COCCCOc1cc(C(=O)N(C(C)C)[C@@H]2CCCNC2)nc2c(S(C)(=O)=O)cccc12.Cl.Cl. The van der Waals surface area contributed by atoms with E-state index < -0.39 is 9.84 Å². The van der Waals surface area contributed by atoms with Crippen molar-refractivity contribution in [2.75, 3.05) is 39.7 Å². The van der Waals surface area contributed by atoms with Crippen LogP contribution in [-0.2, 0) is 14.6 Å². The van der Waals surface area contributed by atoms with Crippen LogP contribution in [0.25, 0.3) is 10.9 Å². The van der Waals surface area contributed by atoms with Gasteiger partial charge in [-0.2, -0.15) is 0 Å². The van der Waals surface area contributed by atoms with E-state index in [1.165, 1.54) is 6.07 Å². The Labute approximate surface area is 214 Å². The van der Waals surface area contributed by atoms with Gasteiger partial charge in [-0.1, -0.05) is 6.07 Å². The van der Waals surface area contributed by atoms with Crippen molar-refractivity contribution in [3.63, 3.8) is 0 Å². The van der Waals surface area contributed by atoms with E-state index in [-0.39, 0.29) is 58.9 Å². The summed E-state index contributed by atoms with van der Waals surface area (Å²) in [6, 6.07) is 6.61. The maximum atomic E-state index is 13.6. The van der Waals surface area contributed by atoms with Crippen LogP contribution in [0, 0.1) is 0 Å². The fraction of sp³-hybridized carbons (Fsp3) is 0.565. The predicted molar refractivity (Wildman–Crippen MR) is 139 cm³/mol. The largest absolute Gasteiger partial charge is 0.493 e. The molecule has 2 heterocycles. The number of nitrogens with one attached hydrogen (secondary N) is 1. The highest BCUT2D eigenvalue weighted by Crippen LogP contribution is 2.31. The summed E-state index contributed by atoms with van der Waals surface area (Å²) in [5, 5.41) is 3.92. The van der Waals surface area contributed by atoms with Gasteiger partial charge in [0.15, 0.2) is 9.84 Å². The number of para-hydroxylation sites is 1. The Morgan fingerprint density at radius 1 is 1.26 bits per heavy atom. The van der Waals surface area contributed by atoms with E-state index in [1.54, 1.807) is 25.3 Å². The quantitative estimate of drug-likeness (QED) is 0.490. The number of nitrogens with zero attached hydrogens (tertiary/aromatic N) is 2. The summed E-state index contributed by atoms with van der Waals surface area (Å²) < 4.78 is 35.9. The molecule has 1 saturated heterocycles. The summed E-state index contributed by atoms with van der Waals surface area (Å²) in [7, 11) is -1.93. The summed E-state index contributed by atoms with van der Waals surface area (Å²) >= 11 is 0. The van der Waals surface area contributed by atoms with Crippen LogP contribution in [-0.4, -0.2) is 76.0 Å². The van der Waals surface area contributed by atoms with Crippen molar-refractivity contribution in [3.8, 4) is 5.75 Å². The lowest BCUT2D eigenvalue weighted by Crippen LogP contribution is -2.51. The predicted octanol–water partition coefficient (Wildman–Crippen LogP) is 3.50. The highest BCUT2D eigenvalue weighted by Gasteiger charge is 2.30. The van der Waals surface area contributed by atoms with Crippen LogP contribution in [0.15, 0.2) is 29.2 Å². The van der Waals surface area contributed by atoms with Crippen molar-refractivity contribution in [3.05, 3.63) is 30.0 Å². The first-order valence-electron chi connectivity index (χ1n) is 11.0. The molecule has 1 atom stereocenters. The van der Waals surface area contributed by atoms with Gasteiger partial charge < -0.3 is 19.7 Å². The van der Waals surface area contributed by atoms with E-state index in [0.29, 0.717) is 30.8 Å². The molecule has 1 aromatic heterocycles. The van der Waals surface area contributed by atoms with Gasteiger partial charge in [-0.25, -0.2) is 13.4 Å².